The third kappa shape index (κ3) is 3.81. The summed E-state index contributed by atoms with van der Waals surface area (Å²) in [7, 11) is 0. The topological polar surface area (TPSA) is 9.23 Å². The van der Waals surface area contributed by atoms with Crippen LogP contribution in [-0.4, -0.2) is 20.0 Å². The van der Waals surface area contributed by atoms with E-state index in [1.54, 1.807) is 0 Å². The molecule has 1 aliphatic rings. The fourth-order valence-electron chi connectivity index (χ4n) is 1.50. The van der Waals surface area contributed by atoms with Crippen molar-refractivity contribution in [3.63, 3.8) is 0 Å². The highest BCUT2D eigenvalue weighted by Crippen LogP contribution is 2.23. The summed E-state index contributed by atoms with van der Waals surface area (Å²) in [6.07, 6.45) is 4.99. The molecule has 1 fully saturated rings. The molecule has 0 amide bonds. The van der Waals surface area contributed by atoms with Gasteiger partial charge < -0.3 is 3.79 Å². The van der Waals surface area contributed by atoms with E-state index >= 15 is 0 Å². The Morgan fingerprint density at radius 3 is 3.09 bits per heavy atom. The van der Waals surface area contributed by atoms with Crippen molar-refractivity contribution in [3.8, 4) is 0 Å². The van der Waals surface area contributed by atoms with Crippen LogP contribution in [0.4, 0.5) is 0 Å². The molecular weight excluding hydrogens is 175 g/mol. The summed E-state index contributed by atoms with van der Waals surface area (Å²) in [5.74, 6) is 0. The number of halogens is 1. The lowest BCUT2D eigenvalue weighted by Gasteiger charge is -2.23. The molecule has 1 aliphatic heterocycles. The highest BCUT2D eigenvalue weighted by atomic mass is 35.5. The van der Waals surface area contributed by atoms with E-state index in [0.29, 0.717) is 0 Å². The lowest BCUT2D eigenvalue weighted by Crippen LogP contribution is -2.27. The minimum absolute atomic E-state index is 0.0530. The smallest absolute Gasteiger partial charge is 0.461 e. The molecule has 64 valence electrons. The van der Waals surface area contributed by atoms with E-state index < -0.39 is 14.5 Å². The highest BCUT2D eigenvalue weighted by molar-refractivity contribution is 6.52. The summed E-state index contributed by atoms with van der Waals surface area (Å²) in [4.78, 5) is 0. The van der Waals surface area contributed by atoms with Gasteiger partial charge in [-0.15, -0.1) is 0 Å². The summed E-state index contributed by atoms with van der Waals surface area (Å²) in [6, 6.07) is 0. The van der Waals surface area contributed by atoms with Gasteiger partial charge in [0.25, 0.3) is 0 Å². The molecule has 0 aromatic heterocycles. The molecule has 1 nitrogen and oxygen atoms in total. The van der Waals surface area contributed by atoms with Crippen molar-refractivity contribution in [1.29, 1.82) is 0 Å². The molecule has 11 heavy (non-hydrogen) atoms. The van der Waals surface area contributed by atoms with Gasteiger partial charge in [-0.2, -0.15) is 0 Å². The van der Waals surface area contributed by atoms with E-state index in [4.69, 9.17) is 15.4 Å². The Kier molecular flexibility index (Phi) is 4.87. The fraction of sp³-hybridized carbons (Fsp3) is 1.00. The first-order valence-electron chi connectivity index (χ1n) is 4.62. The molecule has 0 aliphatic carbocycles. The second-order valence-corrected chi connectivity index (χ2v) is 6.40. The average Bonchev–Trinajstić information content (AvgIpc) is 2.01. The molecule has 1 rings (SSSR count). The van der Waals surface area contributed by atoms with Gasteiger partial charge in [0.1, 0.15) is 5.56 Å². The zero-order valence-corrected chi connectivity index (χ0v) is 9.09. The molecule has 0 aromatic carbocycles. The van der Waals surface area contributed by atoms with Crippen LogP contribution in [0, 0.1) is 0 Å². The lowest BCUT2D eigenvalue weighted by molar-refractivity contribution is 0.246. The van der Waals surface area contributed by atoms with E-state index in [0.717, 1.165) is 6.42 Å². The van der Waals surface area contributed by atoms with Gasteiger partial charge in [-0.3, -0.25) is 0 Å². The first-order valence-corrected chi connectivity index (χ1v) is 7.16. The van der Waals surface area contributed by atoms with Crippen molar-refractivity contribution in [2.24, 2.45) is 0 Å². The lowest BCUT2D eigenvalue weighted by atomic mass is 10.3. The second kappa shape index (κ2) is 5.43. The van der Waals surface area contributed by atoms with E-state index in [1.807, 2.05) is 0 Å². The number of rotatable bonds is 3. The zero-order chi connectivity index (χ0) is 8.10. The van der Waals surface area contributed by atoms with Crippen molar-refractivity contribution < 1.29 is 3.79 Å². The van der Waals surface area contributed by atoms with Crippen LogP contribution in [0.25, 0.3) is 0 Å². The van der Waals surface area contributed by atoms with Gasteiger partial charge >= 0.3 is 14.5 Å². The molecule has 1 saturated heterocycles. The van der Waals surface area contributed by atoms with Crippen LogP contribution < -0.4 is 0 Å². The first-order chi connectivity index (χ1) is 5.33. The molecule has 0 aromatic rings. The monoisotopic (exact) mass is 190 g/mol. The fourth-order valence-corrected chi connectivity index (χ4v) is 4.76. The van der Waals surface area contributed by atoms with Crippen LogP contribution in [0.2, 0.25) is 10.6 Å². The largest absolute Gasteiger partial charge is 0.487 e. The summed E-state index contributed by atoms with van der Waals surface area (Å²) in [5.41, 5.74) is 0.0530. The third-order valence-electron chi connectivity index (χ3n) is 2.18. The van der Waals surface area contributed by atoms with E-state index in [1.165, 1.54) is 29.8 Å². The minimum atomic E-state index is -0.834. The Bertz CT molecular complexity index is 110. The van der Waals surface area contributed by atoms with Crippen LogP contribution in [0.3, 0.4) is 0 Å². The SMILES string of the molecule is CCC[CH2][Al]1[CH2]CCC(Cl)[O]1. The van der Waals surface area contributed by atoms with Crippen molar-refractivity contribution in [2.45, 2.75) is 48.7 Å². The number of hydrogen-bond donors (Lipinski definition) is 0. The van der Waals surface area contributed by atoms with Gasteiger partial charge in [0, 0.05) is 0 Å². The minimum Gasteiger partial charge on any atom is -0.487 e. The molecule has 1 heterocycles. The first kappa shape index (κ1) is 9.87. The van der Waals surface area contributed by atoms with Crippen LogP contribution in [0.15, 0.2) is 0 Å². The Morgan fingerprint density at radius 1 is 1.64 bits per heavy atom. The van der Waals surface area contributed by atoms with Gasteiger partial charge in [-0.05, 0) is 6.42 Å². The maximum atomic E-state index is 5.90. The quantitative estimate of drug-likeness (QED) is 0.491. The average molecular weight is 191 g/mol. The second-order valence-electron chi connectivity index (χ2n) is 3.24. The summed E-state index contributed by atoms with van der Waals surface area (Å²) >= 11 is 5.07. The Hall–Kier alpha value is 0.782. The zero-order valence-electron chi connectivity index (χ0n) is 7.18. The van der Waals surface area contributed by atoms with E-state index in [9.17, 15) is 0 Å². The molecule has 1 unspecified atom stereocenters. The normalized spacial score (nSPS) is 25.6. The molecule has 1 atom stereocenters. The molecule has 3 heteroatoms. The highest BCUT2D eigenvalue weighted by Gasteiger charge is 2.26. The molecule has 0 radical (unpaired) electrons. The van der Waals surface area contributed by atoms with Crippen molar-refractivity contribution >= 4 is 26.1 Å². The maximum absolute atomic E-state index is 5.90. The predicted molar refractivity (Wildman–Crippen MR) is 50.2 cm³/mol. The van der Waals surface area contributed by atoms with Gasteiger partial charge in [-0.1, -0.05) is 48.4 Å². The molecular formula is C8H16AlClO. The van der Waals surface area contributed by atoms with Gasteiger partial charge in [-0.25, -0.2) is 0 Å². The van der Waals surface area contributed by atoms with Gasteiger partial charge in [0.2, 0.25) is 0 Å². The summed E-state index contributed by atoms with van der Waals surface area (Å²) < 4.78 is 5.69. The predicted octanol–water partition coefficient (Wildman–Crippen LogP) is 3.15. The standard InChI is InChI=1S/C4H7ClO.C4H9.Al/c1-2-3-4(5)6;1-3-4-2;/h4H,1-3H2;1,3-4H2,2H3;/q-1;;+1. The number of unbranched alkanes of at least 4 members (excludes halogenated alkanes) is 1. The maximum Gasteiger partial charge on any atom is 0.461 e. The Balaban J connectivity index is 2.12. The number of alkyl halides is 1. The van der Waals surface area contributed by atoms with Crippen molar-refractivity contribution in [2.75, 3.05) is 0 Å². The van der Waals surface area contributed by atoms with Crippen LogP contribution in [-0.2, 0) is 3.79 Å². The number of hydrogen-bond acceptors (Lipinski definition) is 1. The van der Waals surface area contributed by atoms with E-state index in [2.05, 4.69) is 6.92 Å². The van der Waals surface area contributed by atoms with Gasteiger partial charge in [0.05, 0.1) is 0 Å². The third-order valence-corrected chi connectivity index (χ3v) is 5.49. The van der Waals surface area contributed by atoms with Gasteiger partial charge in [0.15, 0.2) is 0 Å². The van der Waals surface area contributed by atoms with E-state index in [-0.39, 0.29) is 5.56 Å². The molecule has 0 saturated carbocycles. The van der Waals surface area contributed by atoms with Crippen molar-refractivity contribution in [3.05, 3.63) is 0 Å². The Labute approximate surface area is 78.8 Å². The van der Waals surface area contributed by atoms with Crippen molar-refractivity contribution in [1.82, 2.24) is 0 Å². The Morgan fingerprint density at radius 2 is 2.45 bits per heavy atom. The summed E-state index contributed by atoms with van der Waals surface area (Å²) in [5, 5.41) is 2.68. The molecule has 0 N–H and O–H groups in total. The van der Waals surface area contributed by atoms with Crippen LogP contribution in [0.5, 0.6) is 0 Å². The van der Waals surface area contributed by atoms with Crippen LogP contribution >= 0.6 is 11.6 Å². The molecule has 0 spiro atoms. The molecule has 0 bridgehead atoms. The summed E-state index contributed by atoms with van der Waals surface area (Å²) in [6.45, 7) is 2.23. The van der Waals surface area contributed by atoms with Crippen LogP contribution in [0.1, 0.15) is 32.6 Å².